The van der Waals surface area contributed by atoms with Gasteiger partial charge in [-0.1, -0.05) is 17.7 Å². The highest BCUT2D eigenvalue weighted by Crippen LogP contribution is 2.32. The summed E-state index contributed by atoms with van der Waals surface area (Å²) in [5.41, 5.74) is 3.26. The number of aliphatic hydroxyl groups excluding tert-OH is 1. The maximum Gasteiger partial charge on any atom is 0.407 e. The molecule has 1 aromatic rings. The number of β-amino-alcohol motifs (C(OH)–C–C–N with tert-alkyl or cyclic N) is 1. The fraction of sp³-hybridized carbons (Fsp3) is 0.500. The van der Waals surface area contributed by atoms with Crippen molar-refractivity contribution in [1.29, 1.82) is 0 Å². The van der Waals surface area contributed by atoms with E-state index in [1.165, 1.54) is 22.0 Å². The van der Waals surface area contributed by atoms with Gasteiger partial charge in [-0.15, -0.1) is 0 Å². The van der Waals surface area contributed by atoms with Crippen molar-refractivity contribution in [1.82, 2.24) is 20.7 Å². The van der Waals surface area contributed by atoms with Crippen LogP contribution in [0.25, 0.3) is 0 Å². The van der Waals surface area contributed by atoms with E-state index in [2.05, 4.69) is 10.7 Å². The van der Waals surface area contributed by atoms with Crippen LogP contribution >= 0.6 is 23.8 Å². The SMILES string of the molecule is O=C(O)N1CCC(NC(=S)NN2CC(O)CC(c3ccc(F)cc3Cl)C2=O)CC1. The van der Waals surface area contributed by atoms with E-state index in [0.29, 0.717) is 31.5 Å². The van der Waals surface area contributed by atoms with E-state index in [4.69, 9.17) is 28.9 Å². The number of aliphatic hydroxyl groups is 1. The first-order chi connectivity index (χ1) is 13.7. The van der Waals surface area contributed by atoms with Gasteiger partial charge in [0.1, 0.15) is 5.82 Å². The molecule has 8 nitrogen and oxygen atoms in total. The standard InChI is InChI=1S/C18H22ClFN4O4S/c19-15-7-10(20)1-2-13(15)14-8-12(25)9-24(16(14)26)22-17(29)21-11-3-5-23(6-4-11)18(27)28/h1-2,7,11-12,14,25H,3-6,8-9H2,(H,27,28)(H2,21,22,29). The fourth-order valence-electron chi connectivity index (χ4n) is 3.64. The molecule has 2 atom stereocenters. The molecule has 0 spiro atoms. The van der Waals surface area contributed by atoms with Crippen LogP contribution in [0.2, 0.25) is 5.02 Å². The van der Waals surface area contributed by atoms with Gasteiger partial charge < -0.3 is 20.4 Å². The molecule has 0 aromatic heterocycles. The number of halogens is 2. The molecule has 0 saturated carbocycles. The van der Waals surface area contributed by atoms with Crippen LogP contribution in [0.4, 0.5) is 9.18 Å². The number of carboxylic acid groups (broad SMARTS) is 1. The number of amides is 2. The van der Waals surface area contributed by atoms with Gasteiger partial charge in [0, 0.05) is 24.2 Å². The van der Waals surface area contributed by atoms with Crippen molar-refractivity contribution in [3.8, 4) is 0 Å². The van der Waals surface area contributed by atoms with Crippen molar-refractivity contribution in [2.45, 2.75) is 37.3 Å². The predicted molar refractivity (Wildman–Crippen MR) is 108 cm³/mol. The molecule has 0 aliphatic carbocycles. The summed E-state index contributed by atoms with van der Waals surface area (Å²) in [6, 6.07) is 3.79. The molecule has 4 N–H and O–H groups in total. The second-order valence-electron chi connectivity index (χ2n) is 7.19. The number of likely N-dealkylation sites (tertiary alicyclic amines) is 1. The zero-order valence-electron chi connectivity index (χ0n) is 15.5. The molecule has 11 heteroatoms. The second kappa shape index (κ2) is 9.10. The van der Waals surface area contributed by atoms with Crippen LogP contribution in [0, 0.1) is 5.82 Å². The normalized spacial score (nSPS) is 23.1. The third-order valence-electron chi connectivity index (χ3n) is 5.14. The minimum absolute atomic E-state index is 0.0160. The minimum atomic E-state index is -0.942. The Morgan fingerprint density at radius 1 is 1.31 bits per heavy atom. The lowest BCUT2D eigenvalue weighted by atomic mass is 9.89. The van der Waals surface area contributed by atoms with Crippen LogP contribution in [-0.4, -0.2) is 69.0 Å². The van der Waals surface area contributed by atoms with Gasteiger partial charge in [0.25, 0.3) is 0 Å². The van der Waals surface area contributed by atoms with E-state index >= 15 is 0 Å². The van der Waals surface area contributed by atoms with Crippen molar-refractivity contribution in [3.63, 3.8) is 0 Å². The smallest absolute Gasteiger partial charge is 0.407 e. The van der Waals surface area contributed by atoms with Crippen LogP contribution < -0.4 is 10.7 Å². The number of nitrogens with zero attached hydrogens (tertiary/aromatic N) is 2. The number of thiocarbonyl (C=S) groups is 1. The molecule has 3 rings (SSSR count). The molecule has 2 fully saturated rings. The van der Waals surface area contributed by atoms with E-state index in [1.807, 2.05) is 0 Å². The highest BCUT2D eigenvalue weighted by atomic mass is 35.5. The number of hydrogen-bond donors (Lipinski definition) is 4. The molecule has 2 aliphatic heterocycles. The summed E-state index contributed by atoms with van der Waals surface area (Å²) in [7, 11) is 0. The van der Waals surface area contributed by atoms with Gasteiger partial charge in [0.15, 0.2) is 5.11 Å². The van der Waals surface area contributed by atoms with E-state index in [-0.39, 0.29) is 35.0 Å². The molecule has 29 heavy (non-hydrogen) atoms. The number of hydrogen-bond acceptors (Lipinski definition) is 4. The first-order valence-corrected chi connectivity index (χ1v) is 10.0. The maximum absolute atomic E-state index is 13.3. The predicted octanol–water partition coefficient (Wildman–Crippen LogP) is 1.68. The molecule has 2 heterocycles. The lowest BCUT2D eigenvalue weighted by Gasteiger charge is -2.37. The number of carbonyl (C=O) groups is 2. The van der Waals surface area contributed by atoms with Gasteiger partial charge in [-0.2, -0.15) is 0 Å². The van der Waals surface area contributed by atoms with Gasteiger partial charge in [0.05, 0.1) is 18.6 Å². The van der Waals surface area contributed by atoms with Crippen molar-refractivity contribution in [2.75, 3.05) is 19.6 Å². The van der Waals surface area contributed by atoms with Crippen LogP contribution in [-0.2, 0) is 4.79 Å². The summed E-state index contributed by atoms with van der Waals surface area (Å²) in [6.45, 7) is 0.859. The van der Waals surface area contributed by atoms with E-state index in [9.17, 15) is 19.1 Å². The molecular weight excluding hydrogens is 423 g/mol. The zero-order valence-corrected chi connectivity index (χ0v) is 17.0. The van der Waals surface area contributed by atoms with Gasteiger partial charge in [-0.05, 0) is 49.2 Å². The van der Waals surface area contributed by atoms with Crippen molar-refractivity contribution in [2.24, 2.45) is 0 Å². The number of carbonyl (C=O) groups excluding carboxylic acids is 1. The third kappa shape index (κ3) is 5.26. The van der Waals surface area contributed by atoms with Gasteiger partial charge >= 0.3 is 6.09 Å². The topological polar surface area (TPSA) is 105 Å². The minimum Gasteiger partial charge on any atom is -0.465 e. The molecule has 2 aliphatic rings. The Kier molecular flexibility index (Phi) is 6.76. The molecule has 2 saturated heterocycles. The van der Waals surface area contributed by atoms with Crippen molar-refractivity contribution >= 4 is 40.9 Å². The van der Waals surface area contributed by atoms with Crippen LogP contribution in [0.3, 0.4) is 0 Å². The van der Waals surface area contributed by atoms with Crippen molar-refractivity contribution in [3.05, 3.63) is 34.6 Å². The number of benzene rings is 1. The summed E-state index contributed by atoms with van der Waals surface area (Å²) in [5, 5.41) is 23.9. The molecule has 158 valence electrons. The molecule has 0 bridgehead atoms. The summed E-state index contributed by atoms with van der Waals surface area (Å²) in [4.78, 5) is 25.2. The highest BCUT2D eigenvalue weighted by molar-refractivity contribution is 7.80. The van der Waals surface area contributed by atoms with Gasteiger partial charge in [-0.3, -0.25) is 15.2 Å². The average molecular weight is 445 g/mol. The highest BCUT2D eigenvalue weighted by Gasteiger charge is 2.36. The first-order valence-electron chi connectivity index (χ1n) is 9.24. The molecule has 0 radical (unpaired) electrons. The lowest BCUT2D eigenvalue weighted by molar-refractivity contribution is -0.141. The number of nitrogens with one attached hydrogen (secondary N) is 2. The maximum atomic E-state index is 13.3. The van der Waals surface area contributed by atoms with Crippen LogP contribution in [0.15, 0.2) is 18.2 Å². The van der Waals surface area contributed by atoms with E-state index in [1.54, 1.807) is 0 Å². The van der Waals surface area contributed by atoms with E-state index < -0.39 is 23.9 Å². The Hall–Kier alpha value is -2.17. The van der Waals surface area contributed by atoms with Gasteiger partial charge in [0.2, 0.25) is 5.91 Å². The average Bonchev–Trinajstić information content (AvgIpc) is 2.65. The number of rotatable bonds is 3. The zero-order chi connectivity index (χ0) is 21.1. The Bertz CT molecular complexity index is 806. The Balaban J connectivity index is 1.60. The largest absolute Gasteiger partial charge is 0.465 e. The monoisotopic (exact) mass is 444 g/mol. The Labute approximate surface area is 177 Å². The summed E-state index contributed by atoms with van der Waals surface area (Å²) in [6.07, 6.45) is -0.372. The Morgan fingerprint density at radius 2 is 2.00 bits per heavy atom. The number of hydrazine groups is 1. The first kappa shape index (κ1) is 21.5. The lowest BCUT2D eigenvalue weighted by Crippen LogP contribution is -2.58. The second-order valence-corrected chi connectivity index (χ2v) is 8.00. The summed E-state index contributed by atoms with van der Waals surface area (Å²) < 4.78 is 13.3. The molecule has 1 aromatic carbocycles. The summed E-state index contributed by atoms with van der Waals surface area (Å²) in [5.74, 6) is -1.55. The quantitative estimate of drug-likeness (QED) is 0.526. The molecule has 2 unspecified atom stereocenters. The van der Waals surface area contributed by atoms with Crippen LogP contribution in [0.5, 0.6) is 0 Å². The number of piperidine rings is 2. The summed E-state index contributed by atoms with van der Waals surface area (Å²) >= 11 is 11.4. The van der Waals surface area contributed by atoms with Crippen LogP contribution in [0.1, 0.15) is 30.7 Å². The Morgan fingerprint density at radius 3 is 2.62 bits per heavy atom. The van der Waals surface area contributed by atoms with Crippen molar-refractivity contribution < 1.29 is 24.2 Å². The van der Waals surface area contributed by atoms with E-state index in [0.717, 1.165) is 6.07 Å². The third-order valence-corrected chi connectivity index (χ3v) is 5.68. The fourth-order valence-corrected chi connectivity index (χ4v) is 4.21. The van der Waals surface area contributed by atoms with Gasteiger partial charge in [-0.25, -0.2) is 9.18 Å². The molecular formula is C18H22ClFN4O4S. The molecule has 2 amide bonds.